The zero-order valence-electron chi connectivity index (χ0n) is 10.1. The number of benzene rings is 1. The number of aliphatic hydroxyl groups excluding tert-OH is 1. The van der Waals surface area contributed by atoms with Gasteiger partial charge < -0.3 is 15.2 Å². The Labute approximate surface area is 102 Å². The van der Waals surface area contributed by atoms with Gasteiger partial charge in [0.2, 0.25) is 0 Å². The van der Waals surface area contributed by atoms with E-state index in [1.807, 2.05) is 12.1 Å². The molecular weight excluding hydrogens is 214 g/mol. The number of hydrogen-bond acceptors (Lipinski definition) is 3. The van der Waals surface area contributed by atoms with Crippen molar-refractivity contribution in [1.82, 2.24) is 5.32 Å². The molecule has 2 N–H and O–H groups in total. The monoisotopic (exact) mass is 233 g/mol. The molecule has 1 aliphatic heterocycles. The summed E-state index contributed by atoms with van der Waals surface area (Å²) < 4.78 is 5.43. The Kier molecular flexibility index (Phi) is 4.18. The molecule has 0 spiro atoms. The van der Waals surface area contributed by atoms with Crippen molar-refractivity contribution in [2.24, 2.45) is 0 Å². The molecule has 92 valence electrons. The average molecular weight is 233 g/mol. The van der Waals surface area contributed by atoms with E-state index in [-0.39, 0.29) is 0 Å². The summed E-state index contributed by atoms with van der Waals surface area (Å²) in [5.74, 6) is 0.809. The Bertz CT molecular complexity index is 382. The first-order valence-electron chi connectivity index (χ1n) is 6.07. The minimum Gasteiger partial charge on any atom is -0.491 e. The van der Waals surface area contributed by atoms with Crippen LogP contribution in [0.4, 0.5) is 0 Å². The van der Waals surface area contributed by atoms with E-state index in [2.05, 4.69) is 23.5 Å². The van der Waals surface area contributed by atoms with Crippen LogP contribution in [-0.4, -0.2) is 30.9 Å². The summed E-state index contributed by atoms with van der Waals surface area (Å²) in [7, 11) is 0. The molecule has 1 heterocycles. The largest absolute Gasteiger partial charge is 0.491 e. The van der Waals surface area contributed by atoms with Crippen LogP contribution in [0.15, 0.2) is 30.3 Å². The van der Waals surface area contributed by atoms with Crippen LogP contribution in [0.1, 0.15) is 18.9 Å². The van der Waals surface area contributed by atoms with Gasteiger partial charge in [-0.1, -0.05) is 18.2 Å². The lowest BCUT2D eigenvalue weighted by atomic mass is 10.0. The molecule has 0 radical (unpaired) electrons. The quantitative estimate of drug-likeness (QED) is 0.833. The summed E-state index contributed by atoms with van der Waals surface area (Å²) in [6.07, 6.45) is 2.88. The number of ether oxygens (including phenoxy) is 1. The molecule has 3 heteroatoms. The molecule has 0 saturated carbocycles. The highest BCUT2D eigenvalue weighted by Gasteiger charge is 2.05. The van der Waals surface area contributed by atoms with E-state index < -0.39 is 6.10 Å². The first kappa shape index (κ1) is 12.1. The Balaban J connectivity index is 1.99. The SMILES string of the molecule is CC(O)COc1ccc(C2=CCNCC2)cc1. The topological polar surface area (TPSA) is 41.5 Å². The normalized spacial score (nSPS) is 17.4. The lowest BCUT2D eigenvalue weighted by Gasteiger charge is -2.15. The van der Waals surface area contributed by atoms with Gasteiger partial charge in [-0.15, -0.1) is 0 Å². The van der Waals surface area contributed by atoms with Crippen LogP contribution in [0.5, 0.6) is 5.75 Å². The van der Waals surface area contributed by atoms with Crippen molar-refractivity contribution in [2.45, 2.75) is 19.4 Å². The van der Waals surface area contributed by atoms with E-state index in [9.17, 15) is 0 Å². The number of hydrogen-bond donors (Lipinski definition) is 2. The van der Waals surface area contributed by atoms with Gasteiger partial charge in [-0.2, -0.15) is 0 Å². The molecule has 1 aromatic rings. The Hall–Kier alpha value is -1.32. The molecule has 1 aromatic carbocycles. The fourth-order valence-corrected chi connectivity index (χ4v) is 1.87. The molecule has 0 aliphatic carbocycles. The maximum atomic E-state index is 9.13. The van der Waals surface area contributed by atoms with Crippen molar-refractivity contribution >= 4 is 5.57 Å². The average Bonchev–Trinajstić information content (AvgIpc) is 2.38. The lowest BCUT2D eigenvalue weighted by molar-refractivity contribution is 0.123. The van der Waals surface area contributed by atoms with Crippen molar-refractivity contribution in [2.75, 3.05) is 19.7 Å². The van der Waals surface area contributed by atoms with Crippen LogP contribution in [0.2, 0.25) is 0 Å². The van der Waals surface area contributed by atoms with Gasteiger partial charge in [0, 0.05) is 6.54 Å². The van der Waals surface area contributed by atoms with Crippen LogP contribution >= 0.6 is 0 Å². The molecule has 1 aliphatic rings. The molecule has 0 fully saturated rings. The molecule has 1 unspecified atom stereocenters. The summed E-state index contributed by atoms with van der Waals surface area (Å²) in [4.78, 5) is 0. The van der Waals surface area contributed by atoms with Gasteiger partial charge in [0.05, 0.1) is 6.10 Å². The van der Waals surface area contributed by atoms with Crippen LogP contribution < -0.4 is 10.1 Å². The highest BCUT2D eigenvalue weighted by molar-refractivity contribution is 5.67. The van der Waals surface area contributed by atoms with Gasteiger partial charge in [0.15, 0.2) is 0 Å². The second kappa shape index (κ2) is 5.84. The Morgan fingerprint density at radius 2 is 2.12 bits per heavy atom. The number of aliphatic hydroxyl groups is 1. The smallest absolute Gasteiger partial charge is 0.119 e. The summed E-state index contributed by atoms with van der Waals surface area (Å²) in [5.41, 5.74) is 2.65. The molecule has 0 saturated heterocycles. The molecule has 0 amide bonds. The van der Waals surface area contributed by atoms with Gasteiger partial charge in [-0.25, -0.2) is 0 Å². The van der Waals surface area contributed by atoms with Crippen LogP contribution in [-0.2, 0) is 0 Å². The maximum absolute atomic E-state index is 9.13. The molecule has 0 aromatic heterocycles. The van der Waals surface area contributed by atoms with Crippen LogP contribution in [0, 0.1) is 0 Å². The van der Waals surface area contributed by atoms with E-state index in [0.29, 0.717) is 6.61 Å². The van der Waals surface area contributed by atoms with Gasteiger partial charge >= 0.3 is 0 Å². The lowest BCUT2D eigenvalue weighted by Crippen LogP contribution is -2.20. The van der Waals surface area contributed by atoms with Crippen molar-refractivity contribution in [3.63, 3.8) is 0 Å². The predicted molar refractivity (Wildman–Crippen MR) is 69.1 cm³/mol. The van der Waals surface area contributed by atoms with Crippen molar-refractivity contribution < 1.29 is 9.84 Å². The highest BCUT2D eigenvalue weighted by Crippen LogP contribution is 2.22. The van der Waals surface area contributed by atoms with Crippen LogP contribution in [0.3, 0.4) is 0 Å². The van der Waals surface area contributed by atoms with E-state index >= 15 is 0 Å². The van der Waals surface area contributed by atoms with Crippen molar-refractivity contribution in [3.8, 4) is 5.75 Å². The predicted octanol–water partition coefficient (Wildman–Crippen LogP) is 1.82. The molecule has 0 bridgehead atoms. The zero-order chi connectivity index (χ0) is 12.1. The first-order valence-corrected chi connectivity index (χ1v) is 6.07. The molecule has 17 heavy (non-hydrogen) atoms. The second-order valence-electron chi connectivity index (χ2n) is 4.37. The summed E-state index contributed by atoms with van der Waals surface area (Å²) in [5, 5.41) is 12.4. The summed E-state index contributed by atoms with van der Waals surface area (Å²) in [6, 6.07) is 8.07. The third-order valence-electron chi connectivity index (χ3n) is 2.78. The van der Waals surface area contributed by atoms with Crippen LogP contribution in [0.25, 0.3) is 5.57 Å². The standard InChI is InChI=1S/C14H19NO2/c1-11(16)10-17-14-4-2-12(3-5-14)13-6-8-15-9-7-13/h2-6,11,15-16H,7-10H2,1H3. The van der Waals surface area contributed by atoms with Gasteiger partial charge in [-0.05, 0) is 43.2 Å². The van der Waals surface area contributed by atoms with E-state index in [0.717, 1.165) is 25.3 Å². The van der Waals surface area contributed by atoms with Gasteiger partial charge in [0.25, 0.3) is 0 Å². The third-order valence-corrected chi connectivity index (χ3v) is 2.78. The van der Waals surface area contributed by atoms with Crippen molar-refractivity contribution in [3.05, 3.63) is 35.9 Å². The van der Waals surface area contributed by atoms with Crippen molar-refractivity contribution in [1.29, 1.82) is 0 Å². The number of nitrogens with one attached hydrogen (secondary N) is 1. The van der Waals surface area contributed by atoms with Gasteiger partial charge in [-0.3, -0.25) is 0 Å². The Morgan fingerprint density at radius 1 is 1.35 bits per heavy atom. The first-order chi connectivity index (χ1) is 8.25. The van der Waals surface area contributed by atoms with E-state index in [1.165, 1.54) is 11.1 Å². The molecule has 1 atom stereocenters. The minimum absolute atomic E-state index is 0.339. The minimum atomic E-state index is -0.429. The third kappa shape index (κ3) is 3.58. The molecular formula is C14H19NO2. The Morgan fingerprint density at radius 3 is 2.71 bits per heavy atom. The fraction of sp³-hybridized carbons (Fsp3) is 0.429. The summed E-state index contributed by atoms with van der Waals surface area (Å²) >= 11 is 0. The maximum Gasteiger partial charge on any atom is 0.119 e. The van der Waals surface area contributed by atoms with E-state index in [1.54, 1.807) is 6.92 Å². The molecule has 2 rings (SSSR count). The highest BCUT2D eigenvalue weighted by atomic mass is 16.5. The molecule has 3 nitrogen and oxygen atoms in total. The van der Waals surface area contributed by atoms with E-state index in [4.69, 9.17) is 9.84 Å². The fourth-order valence-electron chi connectivity index (χ4n) is 1.87. The van der Waals surface area contributed by atoms with Gasteiger partial charge in [0.1, 0.15) is 12.4 Å². The second-order valence-corrected chi connectivity index (χ2v) is 4.37. The zero-order valence-corrected chi connectivity index (χ0v) is 10.1. The summed E-state index contributed by atoms with van der Waals surface area (Å²) in [6.45, 7) is 4.06. The number of rotatable bonds is 4.